The van der Waals surface area contributed by atoms with Gasteiger partial charge in [-0.1, -0.05) is 29.8 Å². The zero-order chi connectivity index (χ0) is 19.0. The maximum atomic E-state index is 14.3. The monoisotopic (exact) mass is 379 g/mol. The van der Waals surface area contributed by atoms with Crippen LogP contribution in [0.1, 0.15) is 5.69 Å². The maximum Gasteiger partial charge on any atom is 0.218 e. The lowest BCUT2D eigenvalue weighted by Gasteiger charge is -2.21. The molecule has 0 aliphatic heterocycles. The Labute approximate surface area is 152 Å². The molecule has 1 aromatic heterocycles. The summed E-state index contributed by atoms with van der Waals surface area (Å²) in [5.74, 6) is -3.43. The zero-order valence-electron chi connectivity index (χ0n) is 13.8. The molecule has 4 nitrogen and oxygen atoms in total. The second-order valence-electron chi connectivity index (χ2n) is 5.59. The van der Waals surface area contributed by atoms with Crippen molar-refractivity contribution >= 4 is 29.4 Å². The Morgan fingerprint density at radius 2 is 1.73 bits per heavy atom. The van der Waals surface area contributed by atoms with Crippen LogP contribution in [0.2, 0.25) is 5.15 Å². The number of benzene rings is 2. The molecule has 2 aromatic carbocycles. The molecule has 0 aliphatic carbocycles. The summed E-state index contributed by atoms with van der Waals surface area (Å²) in [5, 5.41) is 4.35. The summed E-state index contributed by atoms with van der Waals surface area (Å²) in [6.45, 7) is 1.67. The highest BCUT2D eigenvalue weighted by atomic mass is 35.5. The highest BCUT2D eigenvalue weighted by Gasteiger charge is 2.23. The third-order valence-electron chi connectivity index (χ3n) is 3.93. The van der Waals surface area contributed by atoms with Crippen LogP contribution in [0.15, 0.2) is 36.4 Å². The first-order chi connectivity index (χ1) is 12.3. The standard InChI is InChI=1S/C18H13ClF3N3O/c1-10-17(18(19)24(2)23-10)25(9-26)16-6-4-3-5-11(16)12-7-14(21)15(22)8-13(12)20/h3-9H,1-2H3. The lowest BCUT2D eigenvalue weighted by molar-refractivity contribution is -0.106. The minimum Gasteiger partial charge on any atom is -0.278 e. The highest BCUT2D eigenvalue weighted by Crippen LogP contribution is 2.39. The largest absolute Gasteiger partial charge is 0.278 e. The van der Waals surface area contributed by atoms with E-state index in [1.165, 1.54) is 15.6 Å². The Morgan fingerprint density at radius 1 is 1.08 bits per heavy atom. The van der Waals surface area contributed by atoms with Crippen LogP contribution in [0.4, 0.5) is 24.5 Å². The Bertz CT molecular complexity index is 1000. The van der Waals surface area contributed by atoms with Crippen LogP contribution in [0.25, 0.3) is 11.1 Å². The average Bonchev–Trinajstić information content (AvgIpc) is 2.86. The van der Waals surface area contributed by atoms with Crippen molar-refractivity contribution in [1.29, 1.82) is 0 Å². The minimum absolute atomic E-state index is 0.177. The van der Waals surface area contributed by atoms with Crippen LogP contribution >= 0.6 is 11.6 Å². The zero-order valence-corrected chi connectivity index (χ0v) is 14.6. The van der Waals surface area contributed by atoms with Gasteiger partial charge in [0.05, 0.1) is 11.4 Å². The SMILES string of the molecule is Cc1nn(C)c(Cl)c1N(C=O)c1ccccc1-c1cc(F)c(F)cc1F. The molecule has 3 rings (SSSR count). The smallest absolute Gasteiger partial charge is 0.218 e. The lowest BCUT2D eigenvalue weighted by Crippen LogP contribution is -2.16. The van der Waals surface area contributed by atoms with E-state index < -0.39 is 17.5 Å². The first-order valence-corrected chi connectivity index (χ1v) is 7.90. The van der Waals surface area contributed by atoms with E-state index in [2.05, 4.69) is 5.10 Å². The van der Waals surface area contributed by atoms with Crippen molar-refractivity contribution in [1.82, 2.24) is 9.78 Å². The fourth-order valence-electron chi connectivity index (χ4n) is 2.76. The van der Waals surface area contributed by atoms with E-state index in [1.807, 2.05) is 0 Å². The predicted octanol–water partition coefficient (Wildman–Crippen LogP) is 4.76. The first-order valence-electron chi connectivity index (χ1n) is 7.52. The molecule has 0 bridgehead atoms. The van der Waals surface area contributed by atoms with Gasteiger partial charge in [0.15, 0.2) is 16.8 Å². The number of rotatable bonds is 4. The van der Waals surface area contributed by atoms with E-state index in [1.54, 1.807) is 32.2 Å². The van der Waals surface area contributed by atoms with Gasteiger partial charge < -0.3 is 0 Å². The van der Waals surface area contributed by atoms with E-state index in [0.717, 1.165) is 6.07 Å². The second-order valence-corrected chi connectivity index (χ2v) is 5.95. The quantitative estimate of drug-likeness (QED) is 0.484. The summed E-state index contributed by atoms with van der Waals surface area (Å²) in [5.41, 5.74) is 1.08. The van der Waals surface area contributed by atoms with Crippen molar-refractivity contribution in [2.45, 2.75) is 6.92 Å². The number of hydrogen-bond donors (Lipinski definition) is 0. The fraction of sp³-hybridized carbons (Fsp3) is 0.111. The number of nitrogens with zero attached hydrogens (tertiary/aromatic N) is 3. The van der Waals surface area contributed by atoms with Crippen LogP contribution in [0.5, 0.6) is 0 Å². The van der Waals surface area contributed by atoms with Crippen molar-refractivity contribution in [2.24, 2.45) is 7.05 Å². The minimum atomic E-state index is -1.29. The summed E-state index contributed by atoms with van der Waals surface area (Å²) >= 11 is 6.23. The summed E-state index contributed by atoms with van der Waals surface area (Å²) in [4.78, 5) is 13.0. The molecule has 0 fully saturated rings. The van der Waals surface area contributed by atoms with Crippen molar-refractivity contribution in [2.75, 3.05) is 4.90 Å². The van der Waals surface area contributed by atoms with Crippen LogP contribution < -0.4 is 4.90 Å². The molecule has 0 N–H and O–H groups in total. The molecule has 0 aliphatic rings. The molecule has 0 saturated heterocycles. The van der Waals surface area contributed by atoms with Crippen LogP contribution in [0.3, 0.4) is 0 Å². The molecule has 0 unspecified atom stereocenters. The van der Waals surface area contributed by atoms with Gasteiger partial charge >= 0.3 is 0 Å². The van der Waals surface area contributed by atoms with E-state index in [9.17, 15) is 18.0 Å². The van der Waals surface area contributed by atoms with Gasteiger partial charge in [0.2, 0.25) is 6.41 Å². The molecular formula is C18H13ClF3N3O. The lowest BCUT2D eigenvalue weighted by atomic mass is 10.0. The van der Waals surface area contributed by atoms with Gasteiger partial charge in [-0.2, -0.15) is 5.10 Å². The van der Waals surface area contributed by atoms with Gasteiger partial charge in [0.1, 0.15) is 11.5 Å². The van der Waals surface area contributed by atoms with Gasteiger partial charge in [-0.05, 0) is 19.1 Å². The third kappa shape index (κ3) is 2.94. The number of carbonyl (C=O) groups is 1. The Morgan fingerprint density at radius 3 is 2.35 bits per heavy atom. The summed E-state index contributed by atoms with van der Waals surface area (Å²) in [6.07, 6.45) is 0.506. The molecule has 0 radical (unpaired) electrons. The molecule has 0 atom stereocenters. The van der Waals surface area contributed by atoms with Crippen LogP contribution in [-0.2, 0) is 11.8 Å². The topological polar surface area (TPSA) is 38.1 Å². The molecule has 1 heterocycles. The van der Waals surface area contributed by atoms with Crippen LogP contribution in [-0.4, -0.2) is 16.2 Å². The Balaban J connectivity index is 2.24. The highest BCUT2D eigenvalue weighted by molar-refractivity contribution is 6.33. The number of para-hydroxylation sites is 1. The van der Waals surface area contributed by atoms with E-state index in [4.69, 9.17) is 11.6 Å². The summed E-state index contributed by atoms with van der Waals surface area (Å²) in [7, 11) is 1.61. The second kappa shape index (κ2) is 6.84. The van der Waals surface area contributed by atoms with Gasteiger partial charge in [0.25, 0.3) is 0 Å². The van der Waals surface area contributed by atoms with Gasteiger partial charge in [-0.25, -0.2) is 13.2 Å². The van der Waals surface area contributed by atoms with Gasteiger partial charge in [-0.3, -0.25) is 14.4 Å². The maximum absolute atomic E-state index is 14.3. The van der Waals surface area contributed by atoms with E-state index >= 15 is 0 Å². The van der Waals surface area contributed by atoms with Gasteiger partial charge in [0, 0.05) is 24.2 Å². The molecule has 26 heavy (non-hydrogen) atoms. The first kappa shape index (κ1) is 18.0. The van der Waals surface area contributed by atoms with Crippen molar-refractivity contribution in [3.63, 3.8) is 0 Å². The van der Waals surface area contributed by atoms with E-state index in [0.29, 0.717) is 23.9 Å². The van der Waals surface area contributed by atoms with Crippen molar-refractivity contribution in [3.8, 4) is 11.1 Å². The predicted molar refractivity (Wildman–Crippen MR) is 92.9 cm³/mol. The molecule has 0 spiro atoms. The molecule has 134 valence electrons. The number of carbonyl (C=O) groups excluding carboxylic acids is 1. The summed E-state index contributed by atoms with van der Waals surface area (Å²) in [6, 6.07) is 7.50. The Hall–Kier alpha value is -2.80. The van der Waals surface area contributed by atoms with Crippen LogP contribution in [0, 0.1) is 24.4 Å². The van der Waals surface area contributed by atoms with E-state index in [-0.39, 0.29) is 22.0 Å². The van der Waals surface area contributed by atoms with Crippen molar-refractivity contribution in [3.05, 3.63) is 64.7 Å². The number of aromatic nitrogens is 2. The Kier molecular flexibility index (Phi) is 4.73. The number of aryl methyl sites for hydroxylation is 2. The molecule has 8 heteroatoms. The molecule has 1 amide bonds. The van der Waals surface area contributed by atoms with Gasteiger partial charge in [-0.15, -0.1) is 0 Å². The number of halogens is 4. The normalized spacial score (nSPS) is 10.8. The number of anilines is 2. The summed E-state index contributed by atoms with van der Waals surface area (Å²) < 4.78 is 42.6. The number of hydrogen-bond acceptors (Lipinski definition) is 2. The average molecular weight is 380 g/mol. The van der Waals surface area contributed by atoms with Crippen molar-refractivity contribution < 1.29 is 18.0 Å². The molecule has 0 saturated carbocycles. The third-order valence-corrected chi connectivity index (χ3v) is 4.36. The fourth-order valence-corrected chi connectivity index (χ4v) is 3.03. The number of amides is 1. The molecule has 3 aromatic rings. The molecular weight excluding hydrogens is 367 g/mol.